The molecule has 0 amide bonds. The summed E-state index contributed by atoms with van der Waals surface area (Å²) in [6, 6.07) is 6.24. The van der Waals surface area contributed by atoms with Gasteiger partial charge in [0.1, 0.15) is 5.60 Å². The van der Waals surface area contributed by atoms with E-state index in [1.54, 1.807) is 0 Å². The number of esters is 1. The molecule has 22 heavy (non-hydrogen) atoms. The molecule has 1 aromatic carbocycles. The molecular weight excluding hydrogens is 274 g/mol. The molecule has 0 radical (unpaired) electrons. The maximum atomic E-state index is 12.1. The first-order valence-electron chi connectivity index (χ1n) is 8.15. The third kappa shape index (κ3) is 3.90. The van der Waals surface area contributed by atoms with E-state index >= 15 is 0 Å². The topological polar surface area (TPSA) is 29.5 Å². The Balaban J connectivity index is 1.71. The highest BCUT2D eigenvalue weighted by molar-refractivity contribution is 5.75. The normalized spacial score (nSPS) is 17.3. The fraction of sp³-hybridized carbons (Fsp3) is 0.526. The molecule has 1 heterocycles. The van der Waals surface area contributed by atoms with Gasteiger partial charge in [-0.05, 0) is 68.5 Å². The van der Waals surface area contributed by atoms with E-state index in [4.69, 9.17) is 4.74 Å². The van der Waals surface area contributed by atoms with Crippen LogP contribution in [0.3, 0.4) is 0 Å². The van der Waals surface area contributed by atoms with Crippen LogP contribution < -0.4 is 0 Å². The maximum absolute atomic E-state index is 12.1. The number of ether oxygens (including phenoxy) is 1. The number of carbonyl (C=O) groups is 1. The van der Waals surface area contributed by atoms with Crippen LogP contribution in [-0.2, 0) is 22.5 Å². The van der Waals surface area contributed by atoms with Crippen molar-refractivity contribution in [2.75, 3.05) is 6.54 Å². The third-order valence-electron chi connectivity index (χ3n) is 4.06. The Hall–Kier alpha value is -1.77. The monoisotopic (exact) mass is 299 g/mol. The molecule has 1 aromatic rings. The fourth-order valence-corrected chi connectivity index (χ4v) is 2.91. The van der Waals surface area contributed by atoms with Gasteiger partial charge in [-0.3, -0.25) is 4.79 Å². The molecule has 0 aromatic heterocycles. The first kappa shape index (κ1) is 15.1. The molecule has 1 aliphatic carbocycles. The van der Waals surface area contributed by atoms with Crippen LogP contribution in [0, 0.1) is 5.92 Å². The summed E-state index contributed by atoms with van der Waals surface area (Å²) in [7, 11) is 0. The van der Waals surface area contributed by atoms with E-state index in [0.29, 0.717) is 6.42 Å². The minimum Gasteiger partial charge on any atom is -0.460 e. The van der Waals surface area contributed by atoms with Crippen molar-refractivity contribution in [2.45, 2.75) is 52.2 Å². The average Bonchev–Trinajstić information content (AvgIpc) is 3.20. The van der Waals surface area contributed by atoms with Crippen LogP contribution in [0.4, 0.5) is 0 Å². The molecule has 3 heteroatoms. The lowest BCUT2D eigenvalue weighted by Gasteiger charge is -2.27. The summed E-state index contributed by atoms with van der Waals surface area (Å²) < 4.78 is 5.44. The summed E-state index contributed by atoms with van der Waals surface area (Å²) in [5, 5.41) is 0. The van der Waals surface area contributed by atoms with Crippen LogP contribution >= 0.6 is 0 Å². The highest BCUT2D eigenvalue weighted by Crippen LogP contribution is 2.32. The molecule has 0 bridgehead atoms. The zero-order valence-electron chi connectivity index (χ0n) is 13.8. The number of carbonyl (C=O) groups excluding carboxylic acids is 1. The predicted molar refractivity (Wildman–Crippen MR) is 88.2 cm³/mol. The van der Waals surface area contributed by atoms with Gasteiger partial charge in [0.05, 0.1) is 6.42 Å². The highest BCUT2D eigenvalue weighted by Gasteiger charge is 2.25. The first-order valence-corrected chi connectivity index (χ1v) is 8.15. The number of hydrogen-bond acceptors (Lipinski definition) is 3. The Kier molecular flexibility index (Phi) is 3.98. The molecule has 3 nitrogen and oxygen atoms in total. The zero-order valence-corrected chi connectivity index (χ0v) is 13.8. The molecule has 2 aliphatic rings. The van der Waals surface area contributed by atoms with Gasteiger partial charge in [0.15, 0.2) is 0 Å². The van der Waals surface area contributed by atoms with Crippen molar-refractivity contribution in [1.29, 1.82) is 0 Å². The molecule has 0 atom stereocenters. The van der Waals surface area contributed by atoms with E-state index in [1.165, 1.54) is 24.0 Å². The summed E-state index contributed by atoms with van der Waals surface area (Å²) in [4.78, 5) is 14.5. The summed E-state index contributed by atoms with van der Waals surface area (Å²) in [6.45, 7) is 7.82. The Bertz CT molecular complexity index is 594. The van der Waals surface area contributed by atoms with Gasteiger partial charge in [-0.15, -0.1) is 0 Å². The van der Waals surface area contributed by atoms with Gasteiger partial charge in [-0.1, -0.05) is 18.2 Å². The van der Waals surface area contributed by atoms with Crippen molar-refractivity contribution in [2.24, 2.45) is 5.92 Å². The summed E-state index contributed by atoms with van der Waals surface area (Å²) in [5.41, 5.74) is 3.14. The Labute approximate surface area is 133 Å². The van der Waals surface area contributed by atoms with E-state index in [2.05, 4.69) is 23.2 Å². The van der Waals surface area contributed by atoms with Crippen molar-refractivity contribution >= 4 is 12.0 Å². The fourth-order valence-electron chi connectivity index (χ4n) is 2.91. The van der Waals surface area contributed by atoms with Gasteiger partial charge in [-0.2, -0.15) is 0 Å². The molecule has 0 unspecified atom stereocenters. The van der Waals surface area contributed by atoms with Gasteiger partial charge in [0, 0.05) is 13.1 Å². The zero-order chi connectivity index (χ0) is 15.7. The van der Waals surface area contributed by atoms with Crippen LogP contribution in [-0.4, -0.2) is 23.0 Å². The van der Waals surface area contributed by atoms with E-state index in [9.17, 15) is 4.79 Å². The molecule has 1 saturated carbocycles. The molecule has 1 aliphatic heterocycles. The smallest absolute Gasteiger partial charge is 0.310 e. The summed E-state index contributed by atoms with van der Waals surface area (Å²) in [5.74, 6) is 0.728. The summed E-state index contributed by atoms with van der Waals surface area (Å²) in [6.07, 6.45) is 7.42. The van der Waals surface area contributed by atoms with E-state index in [0.717, 1.165) is 24.6 Å². The minimum absolute atomic E-state index is 0.158. The number of rotatable bonds is 4. The SMILES string of the molecule is CC(C)(C)OC(=O)Cc1cccc2c1C=CN(CC1CC1)C2. The molecule has 0 saturated heterocycles. The van der Waals surface area contributed by atoms with Crippen molar-refractivity contribution < 1.29 is 9.53 Å². The lowest BCUT2D eigenvalue weighted by Crippen LogP contribution is -2.26. The van der Waals surface area contributed by atoms with Crippen molar-refractivity contribution in [1.82, 2.24) is 4.90 Å². The van der Waals surface area contributed by atoms with Gasteiger partial charge < -0.3 is 9.64 Å². The predicted octanol–water partition coefficient (Wildman–Crippen LogP) is 3.77. The van der Waals surface area contributed by atoms with Crippen molar-refractivity contribution in [3.63, 3.8) is 0 Å². The molecule has 118 valence electrons. The quantitative estimate of drug-likeness (QED) is 0.793. The van der Waals surface area contributed by atoms with E-state index < -0.39 is 5.60 Å². The molecule has 0 N–H and O–H groups in total. The first-order chi connectivity index (χ1) is 10.4. The largest absolute Gasteiger partial charge is 0.460 e. The van der Waals surface area contributed by atoms with Crippen LogP contribution in [0.1, 0.15) is 50.3 Å². The number of hydrogen-bond donors (Lipinski definition) is 0. The Morgan fingerprint density at radius 1 is 1.32 bits per heavy atom. The average molecular weight is 299 g/mol. The molecule has 0 spiro atoms. The Morgan fingerprint density at radius 2 is 2.09 bits per heavy atom. The standard InChI is InChI=1S/C19H25NO2/c1-19(2,3)22-18(21)11-15-5-4-6-16-13-20(10-9-17(15)16)12-14-7-8-14/h4-6,9-10,14H,7-8,11-13H2,1-3H3. The van der Waals surface area contributed by atoms with Crippen molar-refractivity contribution in [3.05, 3.63) is 41.1 Å². The molecule has 1 fully saturated rings. The number of benzene rings is 1. The van der Waals surface area contributed by atoms with Crippen molar-refractivity contribution in [3.8, 4) is 0 Å². The minimum atomic E-state index is -0.428. The van der Waals surface area contributed by atoms with Crippen LogP contribution in [0.25, 0.3) is 6.08 Å². The van der Waals surface area contributed by atoms with Gasteiger partial charge >= 0.3 is 5.97 Å². The van der Waals surface area contributed by atoms with Crippen LogP contribution in [0.5, 0.6) is 0 Å². The maximum Gasteiger partial charge on any atom is 0.310 e. The van der Waals surface area contributed by atoms with E-state index in [-0.39, 0.29) is 5.97 Å². The third-order valence-corrected chi connectivity index (χ3v) is 4.06. The lowest BCUT2D eigenvalue weighted by atomic mass is 9.96. The second-order valence-electron chi connectivity index (χ2n) is 7.44. The number of nitrogens with zero attached hydrogens (tertiary/aromatic N) is 1. The molecular formula is C19H25NO2. The van der Waals surface area contributed by atoms with E-state index in [1.807, 2.05) is 32.9 Å². The van der Waals surface area contributed by atoms with Gasteiger partial charge in [0.2, 0.25) is 0 Å². The van der Waals surface area contributed by atoms with Gasteiger partial charge in [0.25, 0.3) is 0 Å². The second-order valence-corrected chi connectivity index (χ2v) is 7.44. The lowest BCUT2D eigenvalue weighted by molar-refractivity contribution is -0.153. The van der Waals surface area contributed by atoms with Crippen LogP contribution in [0.15, 0.2) is 24.4 Å². The highest BCUT2D eigenvalue weighted by atomic mass is 16.6. The number of fused-ring (bicyclic) bond motifs is 1. The Morgan fingerprint density at radius 3 is 2.77 bits per heavy atom. The van der Waals surface area contributed by atoms with Crippen LogP contribution in [0.2, 0.25) is 0 Å². The second kappa shape index (κ2) is 5.79. The summed E-state index contributed by atoms with van der Waals surface area (Å²) >= 11 is 0. The van der Waals surface area contributed by atoms with Gasteiger partial charge in [-0.25, -0.2) is 0 Å². The molecule has 3 rings (SSSR count).